The Bertz CT molecular complexity index is 841. The predicted octanol–water partition coefficient (Wildman–Crippen LogP) is 2.18. The van der Waals surface area contributed by atoms with E-state index in [1.54, 1.807) is 18.2 Å². The van der Waals surface area contributed by atoms with Gasteiger partial charge in [-0.15, -0.1) is 0 Å². The van der Waals surface area contributed by atoms with Crippen LogP contribution in [0.4, 0.5) is 4.39 Å². The van der Waals surface area contributed by atoms with Gasteiger partial charge in [-0.05, 0) is 36.8 Å². The number of esters is 1. The van der Waals surface area contributed by atoms with Crippen molar-refractivity contribution >= 4 is 11.9 Å². The molecule has 0 aromatic heterocycles. The Balaban J connectivity index is 1.42. The summed E-state index contributed by atoms with van der Waals surface area (Å²) in [6.07, 6.45) is -0.998. The molecule has 1 aliphatic heterocycles. The van der Waals surface area contributed by atoms with Gasteiger partial charge in [0.15, 0.2) is 24.2 Å². The predicted molar refractivity (Wildman–Crippen MR) is 91.9 cm³/mol. The first-order valence-corrected chi connectivity index (χ1v) is 8.25. The lowest BCUT2D eigenvalue weighted by Crippen LogP contribution is -2.36. The van der Waals surface area contributed by atoms with Crippen LogP contribution in [0.2, 0.25) is 0 Å². The van der Waals surface area contributed by atoms with Gasteiger partial charge in [-0.3, -0.25) is 4.79 Å². The second-order valence-electron chi connectivity index (χ2n) is 5.78. The van der Waals surface area contributed by atoms with E-state index < -0.39 is 30.4 Å². The summed E-state index contributed by atoms with van der Waals surface area (Å²) < 4.78 is 33.7. The zero-order valence-electron chi connectivity index (χ0n) is 14.6. The topological polar surface area (TPSA) is 83.1 Å². The van der Waals surface area contributed by atoms with Gasteiger partial charge in [0.2, 0.25) is 6.79 Å². The molecule has 0 spiro atoms. The minimum absolute atomic E-state index is 0.176. The minimum Gasteiger partial charge on any atom is -0.482 e. The fourth-order valence-electron chi connectivity index (χ4n) is 2.37. The van der Waals surface area contributed by atoms with Crippen molar-refractivity contribution in [1.82, 2.24) is 5.32 Å². The van der Waals surface area contributed by atoms with Crippen molar-refractivity contribution in [2.75, 3.05) is 13.4 Å². The summed E-state index contributed by atoms with van der Waals surface area (Å²) >= 11 is 0. The summed E-state index contributed by atoms with van der Waals surface area (Å²) in [5.41, 5.74) is 0.820. The van der Waals surface area contributed by atoms with Crippen LogP contribution in [0.15, 0.2) is 42.5 Å². The SMILES string of the molecule is C[C@@H](OC(=O)COc1cccc(F)c1)C(=O)NCc1ccc2c(c1)OCO2. The number of ether oxygens (including phenoxy) is 4. The van der Waals surface area contributed by atoms with Gasteiger partial charge in [0.25, 0.3) is 5.91 Å². The Kier molecular flexibility index (Phi) is 5.75. The zero-order chi connectivity index (χ0) is 19.2. The lowest BCUT2D eigenvalue weighted by Gasteiger charge is -2.14. The van der Waals surface area contributed by atoms with Crippen molar-refractivity contribution in [2.45, 2.75) is 19.6 Å². The highest BCUT2D eigenvalue weighted by Gasteiger charge is 2.19. The molecular formula is C19H18FNO6. The Morgan fingerprint density at radius 3 is 2.81 bits per heavy atom. The second kappa shape index (κ2) is 8.39. The maximum atomic E-state index is 13.0. The third-order valence-corrected chi connectivity index (χ3v) is 3.73. The average Bonchev–Trinajstić information content (AvgIpc) is 3.12. The van der Waals surface area contributed by atoms with E-state index in [4.69, 9.17) is 18.9 Å². The fraction of sp³-hybridized carbons (Fsp3) is 0.263. The molecule has 3 rings (SSSR count). The average molecular weight is 375 g/mol. The van der Waals surface area contributed by atoms with Crippen LogP contribution < -0.4 is 19.5 Å². The molecule has 0 unspecified atom stereocenters. The molecule has 0 fully saturated rings. The quantitative estimate of drug-likeness (QED) is 0.747. The van der Waals surface area contributed by atoms with E-state index in [-0.39, 0.29) is 19.1 Å². The normalized spacial score (nSPS) is 13.0. The summed E-state index contributed by atoms with van der Waals surface area (Å²) in [5.74, 6) is -0.179. The first kappa shape index (κ1) is 18.5. The van der Waals surface area contributed by atoms with Crippen LogP contribution in [0.3, 0.4) is 0 Å². The van der Waals surface area contributed by atoms with Crippen LogP contribution in [-0.4, -0.2) is 31.4 Å². The van der Waals surface area contributed by atoms with Crippen molar-refractivity contribution in [2.24, 2.45) is 0 Å². The van der Waals surface area contributed by atoms with Crippen LogP contribution in [-0.2, 0) is 20.9 Å². The zero-order valence-corrected chi connectivity index (χ0v) is 14.6. The third kappa shape index (κ3) is 5.10. The molecule has 1 aliphatic rings. The lowest BCUT2D eigenvalue weighted by molar-refractivity contribution is -0.156. The minimum atomic E-state index is -0.998. The summed E-state index contributed by atoms with van der Waals surface area (Å²) in [7, 11) is 0. The molecule has 1 atom stereocenters. The molecule has 2 aromatic rings. The van der Waals surface area contributed by atoms with Gasteiger partial charge in [-0.25, -0.2) is 9.18 Å². The molecule has 1 N–H and O–H groups in total. The van der Waals surface area contributed by atoms with Crippen LogP contribution in [0, 0.1) is 5.82 Å². The molecule has 27 heavy (non-hydrogen) atoms. The van der Waals surface area contributed by atoms with E-state index in [1.165, 1.54) is 25.1 Å². The number of benzene rings is 2. The van der Waals surface area contributed by atoms with Crippen molar-refractivity contribution in [1.29, 1.82) is 0 Å². The molecule has 0 radical (unpaired) electrons. The van der Waals surface area contributed by atoms with Crippen molar-refractivity contribution in [3.63, 3.8) is 0 Å². The van der Waals surface area contributed by atoms with Gasteiger partial charge < -0.3 is 24.3 Å². The standard InChI is InChI=1S/C19H18FNO6/c1-12(27-18(22)10-24-15-4-2-3-14(20)8-15)19(23)21-9-13-5-6-16-17(7-13)26-11-25-16/h2-8,12H,9-11H2,1H3,(H,21,23)/t12-/m1/s1. The Labute approximate surface area is 155 Å². The van der Waals surface area contributed by atoms with Gasteiger partial charge in [-0.1, -0.05) is 12.1 Å². The number of halogens is 1. The molecule has 0 aliphatic carbocycles. The molecule has 1 amide bonds. The smallest absolute Gasteiger partial charge is 0.344 e. The Hall–Kier alpha value is -3.29. The molecular weight excluding hydrogens is 357 g/mol. The highest BCUT2D eigenvalue weighted by molar-refractivity contribution is 5.83. The number of carbonyl (C=O) groups excluding carboxylic acids is 2. The summed E-state index contributed by atoms with van der Waals surface area (Å²) in [6, 6.07) is 10.7. The van der Waals surface area contributed by atoms with Crippen LogP contribution in [0.1, 0.15) is 12.5 Å². The largest absolute Gasteiger partial charge is 0.482 e. The molecule has 1 heterocycles. The van der Waals surface area contributed by atoms with E-state index >= 15 is 0 Å². The maximum Gasteiger partial charge on any atom is 0.344 e. The monoisotopic (exact) mass is 375 g/mol. The van der Waals surface area contributed by atoms with E-state index in [1.807, 2.05) is 0 Å². The molecule has 8 heteroatoms. The van der Waals surface area contributed by atoms with Crippen molar-refractivity contribution < 1.29 is 32.9 Å². The molecule has 7 nitrogen and oxygen atoms in total. The van der Waals surface area contributed by atoms with Crippen molar-refractivity contribution in [3.8, 4) is 17.2 Å². The fourth-order valence-corrected chi connectivity index (χ4v) is 2.37. The van der Waals surface area contributed by atoms with Gasteiger partial charge in [0.05, 0.1) is 0 Å². The number of amides is 1. The highest BCUT2D eigenvalue weighted by atomic mass is 19.1. The Morgan fingerprint density at radius 1 is 1.19 bits per heavy atom. The van der Waals surface area contributed by atoms with Crippen LogP contribution in [0.5, 0.6) is 17.2 Å². The molecule has 0 bridgehead atoms. The van der Waals surface area contributed by atoms with E-state index in [0.29, 0.717) is 11.5 Å². The number of rotatable bonds is 7. The van der Waals surface area contributed by atoms with Gasteiger partial charge in [-0.2, -0.15) is 0 Å². The van der Waals surface area contributed by atoms with Crippen LogP contribution >= 0.6 is 0 Å². The maximum absolute atomic E-state index is 13.0. The van der Waals surface area contributed by atoms with Crippen LogP contribution in [0.25, 0.3) is 0 Å². The number of fused-ring (bicyclic) bond motifs is 1. The number of hydrogen-bond donors (Lipinski definition) is 1. The van der Waals surface area contributed by atoms with E-state index in [0.717, 1.165) is 11.6 Å². The first-order valence-electron chi connectivity index (χ1n) is 8.25. The Morgan fingerprint density at radius 2 is 2.00 bits per heavy atom. The first-order chi connectivity index (χ1) is 13.0. The molecule has 142 valence electrons. The van der Waals surface area contributed by atoms with Gasteiger partial charge in [0, 0.05) is 12.6 Å². The summed E-state index contributed by atoms with van der Waals surface area (Å²) in [4.78, 5) is 23.8. The molecule has 2 aromatic carbocycles. The van der Waals surface area contributed by atoms with Gasteiger partial charge >= 0.3 is 5.97 Å². The second-order valence-corrected chi connectivity index (χ2v) is 5.78. The molecule has 0 saturated carbocycles. The van der Waals surface area contributed by atoms with Gasteiger partial charge in [0.1, 0.15) is 11.6 Å². The summed E-state index contributed by atoms with van der Waals surface area (Å²) in [6.45, 7) is 1.45. The summed E-state index contributed by atoms with van der Waals surface area (Å²) in [5, 5.41) is 2.67. The number of hydrogen-bond acceptors (Lipinski definition) is 6. The van der Waals surface area contributed by atoms with Crippen molar-refractivity contribution in [3.05, 3.63) is 53.8 Å². The number of nitrogens with one attached hydrogen (secondary N) is 1. The lowest BCUT2D eigenvalue weighted by atomic mass is 10.2. The highest BCUT2D eigenvalue weighted by Crippen LogP contribution is 2.32. The third-order valence-electron chi connectivity index (χ3n) is 3.73. The molecule has 0 saturated heterocycles. The number of carbonyl (C=O) groups is 2. The van der Waals surface area contributed by atoms with E-state index in [9.17, 15) is 14.0 Å². The van der Waals surface area contributed by atoms with E-state index in [2.05, 4.69) is 5.32 Å².